The summed E-state index contributed by atoms with van der Waals surface area (Å²) in [6.07, 6.45) is 3.92. The minimum absolute atomic E-state index is 0.282. The molecule has 0 aliphatic carbocycles. The van der Waals surface area contributed by atoms with Crippen molar-refractivity contribution in [2.75, 3.05) is 19.6 Å². The van der Waals surface area contributed by atoms with Crippen LogP contribution in [0.3, 0.4) is 0 Å². The molecule has 1 heterocycles. The van der Waals surface area contributed by atoms with Crippen LogP contribution in [0.25, 0.3) is 0 Å². The van der Waals surface area contributed by atoms with Crippen LogP contribution in [-0.2, 0) is 0 Å². The molecule has 0 radical (unpaired) electrons. The molecule has 1 aliphatic rings. The van der Waals surface area contributed by atoms with Gasteiger partial charge in [0.05, 0.1) is 0 Å². The maximum Gasteiger partial charge on any atom is 0.0252 e. The molecule has 0 amide bonds. The Labute approximate surface area is 89.1 Å². The molecule has 84 valence electrons. The van der Waals surface area contributed by atoms with Crippen molar-refractivity contribution in [3.63, 3.8) is 0 Å². The van der Waals surface area contributed by atoms with E-state index in [2.05, 4.69) is 37.9 Å². The van der Waals surface area contributed by atoms with Gasteiger partial charge < -0.3 is 5.32 Å². The van der Waals surface area contributed by atoms with Gasteiger partial charge >= 0.3 is 0 Å². The van der Waals surface area contributed by atoms with Crippen LogP contribution < -0.4 is 5.32 Å². The molecule has 1 atom stereocenters. The van der Waals surface area contributed by atoms with Gasteiger partial charge in [0, 0.05) is 18.1 Å². The second-order valence-electron chi connectivity index (χ2n) is 5.25. The van der Waals surface area contributed by atoms with E-state index in [1.54, 1.807) is 0 Å². The highest BCUT2D eigenvalue weighted by atomic mass is 15.2. The third-order valence-electron chi connectivity index (χ3n) is 3.29. The van der Waals surface area contributed by atoms with E-state index in [9.17, 15) is 0 Å². The lowest BCUT2D eigenvalue weighted by Crippen LogP contribution is -2.53. The van der Waals surface area contributed by atoms with E-state index in [1.165, 1.54) is 38.9 Å². The van der Waals surface area contributed by atoms with Crippen LogP contribution in [0.5, 0.6) is 0 Å². The molecule has 1 fully saturated rings. The van der Waals surface area contributed by atoms with E-state index in [1.807, 2.05) is 0 Å². The summed E-state index contributed by atoms with van der Waals surface area (Å²) < 4.78 is 0. The Hall–Kier alpha value is -0.0800. The monoisotopic (exact) mass is 198 g/mol. The lowest BCUT2D eigenvalue weighted by Gasteiger charge is -2.38. The van der Waals surface area contributed by atoms with Gasteiger partial charge in [-0.05, 0) is 53.1 Å². The minimum Gasteiger partial charge on any atom is -0.311 e. The Morgan fingerprint density at radius 2 is 2.07 bits per heavy atom. The Morgan fingerprint density at radius 3 is 2.71 bits per heavy atom. The molecule has 0 aromatic carbocycles. The number of hydrogen-bond donors (Lipinski definition) is 1. The molecule has 1 unspecified atom stereocenters. The fraction of sp³-hybridized carbons (Fsp3) is 1.00. The first-order valence-corrected chi connectivity index (χ1v) is 6.04. The van der Waals surface area contributed by atoms with Gasteiger partial charge in [-0.15, -0.1) is 0 Å². The zero-order valence-corrected chi connectivity index (χ0v) is 10.3. The van der Waals surface area contributed by atoms with Crippen LogP contribution in [0, 0.1) is 0 Å². The van der Waals surface area contributed by atoms with Crippen molar-refractivity contribution in [2.45, 2.75) is 58.5 Å². The topological polar surface area (TPSA) is 15.3 Å². The maximum absolute atomic E-state index is 3.63. The Kier molecular flexibility index (Phi) is 4.39. The summed E-state index contributed by atoms with van der Waals surface area (Å²) in [4.78, 5) is 2.63. The van der Waals surface area contributed by atoms with Gasteiger partial charge in [-0.25, -0.2) is 0 Å². The van der Waals surface area contributed by atoms with Gasteiger partial charge in [-0.2, -0.15) is 0 Å². The lowest BCUT2D eigenvalue weighted by atomic mass is 10.0. The van der Waals surface area contributed by atoms with Crippen LogP contribution in [-0.4, -0.2) is 36.1 Å². The Bertz CT molecular complexity index is 166. The minimum atomic E-state index is 0.282. The molecule has 0 spiro atoms. The lowest BCUT2D eigenvalue weighted by molar-refractivity contribution is 0.137. The summed E-state index contributed by atoms with van der Waals surface area (Å²) >= 11 is 0. The summed E-state index contributed by atoms with van der Waals surface area (Å²) in [6, 6.07) is 0.731. The maximum atomic E-state index is 3.63. The van der Waals surface area contributed by atoms with Crippen molar-refractivity contribution in [3.05, 3.63) is 0 Å². The predicted molar refractivity (Wildman–Crippen MR) is 62.6 cm³/mol. The SMILES string of the molecule is CCC(C)N1CCCCNC(C)(C)C1. The van der Waals surface area contributed by atoms with E-state index < -0.39 is 0 Å². The Balaban J connectivity index is 2.55. The zero-order chi connectivity index (χ0) is 10.6. The second kappa shape index (κ2) is 5.13. The van der Waals surface area contributed by atoms with E-state index >= 15 is 0 Å². The molecule has 14 heavy (non-hydrogen) atoms. The molecule has 2 heteroatoms. The molecule has 2 nitrogen and oxygen atoms in total. The molecular formula is C12H26N2. The fourth-order valence-electron chi connectivity index (χ4n) is 2.14. The van der Waals surface area contributed by atoms with Crippen LogP contribution in [0.15, 0.2) is 0 Å². The molecule has 0 aromatic rings. The molecule has 1 N–H and O–H groups in total. The van der Waals surface area contributed by atoms with Gasteiger partial charge in [0.2, 0.25) is 0 Å². The van der Waals surface area contributed by atoms with Crippen molar-refractivity contribution in [2.24, 2.45) is 0 Å². The van der Waals surface area contributed by atoms with Gasteiger partial charge in [0.1, 0.15) is 0 Å². The second-order valence-corrected chi connectivity index (χ2v) is 5.25. The average Bonchev–Trinajstić information content (AvgIpc) is 2.10. The first-order valence-electron chi connectivity index (χ1n) is 6.04. The van der Waals surface area contributed by atoms with Gasteiger partial charge in [0.15, 0.2) is 0 Å². The van der Waals surface area contributed by atoms with Gasteiger partial charge in [-0.3, -0.25) is 4.90 Å². The van der Waals surface area contributed by atoms with Crippen LogP contribution in [0.2, 0.25) is 0 Å². The van der Waals surface area contributed by atoms with E-state index in [4.69, 9.17) is 0 Å². The zero-order valence-electron chi connectivity index (χ0n) is 10.3. The van der Waals surface area contributed by atoms with Crippen LogP contribution in [0.1, 0.15) is 47.0 Å². The van der Waals surface area contributed by atoms with Crippen LogP contribution in [0.4, 0.5) is 0 Å². The number of nitrogens with zero attached hydrogens (tertiary/aromatic N) is 1. The summed E-state index contributed by atoms with van der Waals surface area (Å²) in [5.74, 6) is 0. The van der Waals surface area contributed by atoms with Gasteiger partial charge in [0.25, 0.3) is 0 Å². The highest BCUT2D eigenvalue weighted by molar-refractivity contribution is 4.85. The quantitative estimate of drug-likeness (QED) is 0.732. The molecule has 1 saturated heterocycles. The normalized spacial score (nSPS) is 26.6. The molecule has 0 aromatic heterocycles. The summed E-state index contributed by atoms with van der Waals surface area (Å²) in [7, 11) is 0. The molecule has 1 rings (SSSR count). The average molecular weight is 198 g/mol. The number of rotatable bonds is 2. The van der Waals surface area contributed by atoms with E-state index in [0.29, 0.717) is 0 Å². The predicted octanol–water partition coefficient (Wildman–Crippen LogP) is 2.25. The number of hydrogen-bond acceptors (Lipinski definition) is 2. The van der Waals surface area contributed by atoms with Crippen LogP contribution >= 0.6 is 0 Å². The van der Waals surface area contributed by atoms with E-state index in [-0.39, 0.29) is 5.54 Å². The molecule has 0 bridgehead atoms. The molecule has 1 aliphatic heterocycles. The third-order valence-corrected chi connectivity index (χ3v) is 3.29. The van der Waals surface area contributed by atoms with E-state index in [0.717, 1.165) is 6.04 Å². The molecular weight excluding hydrogens is 172 g/mol. The van der Waals surface area contributed by atoms with Crippen molar-refractivity contribution in [1.29, 1.82) is 0 Å². The highest BCUT2D eigenvalue weighted by Gasteiger charge is 2.24. The van der Waals surface area contributed by atoms with Crippen molar-refractivity contribution in [1.82, 2.24) is 10.2 Å². The first-order chi connectivity index (χ1) is 6.55. The third kappa shape index (κ3) is 3.58. The first kappa shape index (κ1) is 12.0. The smallest absolute Gasteiger partial charge is 0.0252 e. The highest BCUT2D eigenvalue weighted by Crippen LogP contribution is 2.14. The van der Waals surface area contributed by atoms with Gasteiger partial charge in [-0.1, -0.05) is 6.92 Å². The molecule has 0 saturated carbocycles. The van der Waals surface area contributed by atoms with Crippen molar-refractivity contribution < 1.29 is 0 Å². The fourth-order valence-corrected chi connectivity index (χ4v) is 2.14. The summed E-state index contributed by atoms with van der Waals surface area (Å²) in [5, 5.41) is 3.63. The van der Waals surface area contributed by atoms with Crippen molar-refractivity contribution in [3.8, 4) is 0 Å². The Morgan fingerprint density at radius 1 is 1.36 bits per heavy atom. The summed E-state index contributed by atoms with van der Waals surface area (Å²) in [5.41, 5.74) is 0.282. The standard InChI is InChI=1S/C12H26N2/c1-5-11(2)14-9-7-6-8-13-12(3,4)10-14/h11,13H,5-10H2,1-4H3. The van der Waals surface area contributed by atoms with Crippen molar-refractivity contribution >= 4 is 0 Å². The number of nitrogens with one attached hydrogen (secondary N) is 1. The summed E-state index contributed by atoms with van der Waals surface area (Å²) in [6.45, 7) is 12.9. The largest absolute Gasteiger partial charge is 0.311 e.